The number of oxazole rings is 1. The zero-order chi connectivity index (χ0) is 17.3. The van der Waals surface area contributed by atoms with Crippen LogP contribution in [0.3, 0.4) is 0 Å². The minimum atomic E-state index is -4.06. The van der Waals surface area contributed by atoms with Crippen LogP contribution in [0.5, 0.6) is 0 Å². The maximum atomic E-state index is 12.4. The van der Waals surface area contributed by atoms with Crippen LogP contribution in [0.15, 0.2) is 39.8 Å². The van der Waals surface area contributed by atoms with Crippen LogP contribution in [0.2, 0.25) is 0 Å². The molecule has 0 bridgehead atoms. The Bertz CT molecular complexity index is 805. The molecular formula is C15H19N3O4S. The van der Waals surface area contributed by atoms with Crippen LogP contribution < -0.4 is 10.3 Å². The molecule has 0 aliphatic heterocycles. The third-order valence-electron chi connectivity index (χ3n) is 2.97. The molecule has 1 aromatic carbocycles. The van der Waals surface area contributed by atoms with E-state index < -0.39 is 21.3 Å². The van der Waals surface area contributed by atoms with Gasteiger partial charge in [0.15, 0.2) is 11.7 Å². The number of amides is 1. The van der Waals surface area contributed by atoms with Gasteiger partial charge < -0.3 is 4.42 Å². The molecule has 1 amide bonds. The van der Waals surface area contributed by atoms with Gasteiger partial charge in [0.05, 0.1) is 0 Å². The van der Waals surface area contributed by atoms with Gasteiger partial charge in [0.2, 0.25) is 10.9 Å². The SMILES string of the molecule is Cc1nc(S(=O)(=O)NNC(=O)C(C)(C)C)c(-c2ccccc2)o1. The zero-order valence-electron chi connectivity index (χ0n) is 13.4. The Morgan fingerprint density at radius 3 is 2.35 bits per heavy atom. The smallest absolute Gasteiger partial charge is 0.278 e. The standard InChI is InChI=1S/C15H19N3O4S/c1-10-16-13(12(22-10)11-8-6-5-7-9-11)23(20,21)18-17-14(19)15(2,3)4/h5-9,18H,1-4H3,(H,17,19). The van der Waals surface area contributed by atoms with E-state index in [-0.39, 0.29) is 16.7 Å². The van der Waals surface area contributed by atoms with Crippen LogP contribution in [0.4, 0.5) is 0 Å². The highest BCUT2D eigenvalue weighted by atomic mass is 32.2. The van der Waals surface area contributed by atoms with E-state index in [0.717, 1.165) is 0 Å². The summed E-state index contributed by atoms with van der Waals surface area (Å²) >= 11 is 0. The Morgan fingerprint density at radius 2 is 1.78 bits per heavy atom. The molecule has 0 saturated carbocycles. The molecule has 124 valence electrons. The Balaban J connectivity index is 2.33. The summed E-state index contributed by atoms with van der Waals surface area (Å²) < 4.78 is 30.3. The summed E-state index contributed by atoms with van der Waals surface area (Å²) in [5.41, 5.74) is 2.04. The minimum absolute atomic E-state index is 0.126. The predicted octanol–water partition coefficient (Wildman–Crippen LogP) is 2.01. The first-order valence-corrected chi connectivity index (χ1v) is 8.45. The molecule has 0 saturated heterocycles. The van der Waals surface area contributed by atoms with Crippen molar-refractivity contribution in [3.05, 3.63) is 36.2 Å². The second-order valence-corrected chi connectivity index (χ2v) is 7.64. The molecule has 0 aliphatic carbocycles. The number of rotatable bonds is 4. The van der Waals surface area contributed by atoms with E-state index in [1.54, 1.807) is 52.0 Å². The van der Waals surface area contributed by atoms with Crippen molar-refractivity contribution in [3.8, 4) is 11.3 Å². The lowest BCUT2D eigenvalue weighted by molar-refractivity contribution is -0.129. The number of sulfonamides is 1. The predicted molar refractivity (Wildman–Crippen MR) is 84.6 cm³/mol. The third kappa shape index (κ3) is 3.96. The molecule has 7 nitrogen and oxygen atoms in total. The summed E-state index contributed by atoms with van der Waals surface area (Å²) in [6, 6.07) is 8.76. The number of carbonyl (C=O) groups excluding carboxylic acids is 1. The van der Waals surface area contributed by atoms with Crippen molar-refractivity contribution in [1.82, 2.24) is 15.2 Å². The van der Waals surface area contributed by atoms with E-state index >= 15 is 0 Å². The Labute approximate surface area is 135 Å². The quantitative estimate of drug-likeness (QED) is 0.831. The van der Waals surface area contributed by atoms with E-state index in [4.69, 9.17) is 4.42 Å². The van der Waals surface area contributed by atoms with Gasteiger partial charge in [0, 0.05) is 17.9 Å². The highest BCUT2D eigenvalue weighted by Gasteiger charge is 2.28. The van der Waals surface area contributed by atoms with Crippen LogP contribution in [-0.2, 0) is 14.8 Å². The molecule has 0 spiro atoms. The molecule has 0 aliphatic rings. The molecule has 1 aromatic heterocycles. The van der Waals surface area contributed by atoms with Crippen molar-refractivity contribution in [2.24, 2.45) is 5.41 Å². The van der Waals surface area contributed by atoms with Gasteiger partial charge in [-0.15, -0.1) is 4.83 Å². The van der Waals surface area contributed by atoms with Crippen molar-refractivity contribution in [2.75, 3.05) is 0 Å². The van der Waals surface area contributed by atoms with Gasteiger partial charge in [0.1, 0.15) is 0 Å². The first kappa shape index (κ1) is 17.2. The molecule has 0 unspecified atom stereocenters. The van der Waals surface area contributed by atoms with Crippen molar-refractivity contribution < 1.29 is 17.6 Å². The molecule has 0 atom stereocenters. The molecule has 0 radical (unpaired) electrons. The number of aryl methyl sites for hydroxylation is 1. The second-order valence-electron chi connectivity index (χ2n) is 6.04. The van der Waals surface area contributed by atoms with Gasteiger partial charge >= 0.3 is 0 Å². The van der Waals surface area contributed by atoms with Crippen molar-refractivity contribution in [1.29, 1.82) is 0 Å². The Kier molecular flexibility index (Phi) is 4.58. The van der Waals surface area contributed by atoms with Crippen molar-refractivity contribution in [2.45, 2.75) is 32.7 Å². The summed E-state index contributed by atoms with van der Waals surface area (Å²) in [6.07, 6.45) is 0. The highest BCUT2D eigenvalue weighted by Crippen LogP contribution is 2.27. The van der Waals surface area contributed by atoms with Gasteiger partial charge in [-0.25, -0.2) is 13.4 Å². The lowest BCUT2D eigenvalue weighted by Crippen LogP contribution is -2.46. The van der Waals surface area contributed by atoms with Crippen LogP contribution in [0, 0.1) is 12.3 Å². The number of hydrogen-bond acceptors (Lipinski definition) is 5. The number of nitrogens with one attached hydrogen (secondary N) is 2. The highest BCUT2D eigenvalue weighted by molar-refractivity contribution is 7.89. The van der Waals surface area contributed by atoms with Crippen molar-refractivity contribution in [3.63, 3.8) is 0 Å². The van der Waals surface area contributed by atoms with E-state index in [0.29, 0.717) is 5.56 Å². The lowest BCUT2D eigenvalue weighted by Gasteiger charge is -2.17. The molecule has 8 heteroatoms. The topological polar surface area (TPSA) is 101 Å². The number of benzene rings is 1. The number of carbonyl (C=O) groups is 1. The van der Waals surface area contributed by atoms with Gasteiger partial charge in [-0.3, -0.25) is 10.2 Å². The van der Waals surface area contributed by atoms with E-state index in [1.807, 2.05) is 6.07 Å². The summed E-state index contributed by atoms with van der Waals surface area (Å²) in [5, 5.41) is -0.268. The van der Waals surface area contributed by atoms with Crippen LogP contribution in [0.1, 0.15) is 26.7 Å². The normalized spacial score (nSPS) is 12.2. The molecule has 23 heavy (non-hydrogen) atoms. The fourth-order valence-corrected chi connectivity index (χ4v) is 2.69. The summed E-state index contributed by atoms with van der Waals surface area (Å²) in [6.45, 7) is 6.57. The molecular weight excluding hydrogens is 318 g/mol. The van der Waals surface area contributed by atoms with Gasteiger partial charge in [-0.2, -0.15) is 0 Å². The lowest BCUT2D eigenvalue weighted by atomic mass is 9.96. The Morgan fingerprint density at radius 1 is 1.17 bits per heavy atom. The summed E-state index contributed by atoms with van der Waals surface area (Å²) in [7, 11) is -4.06. The number of nitrogens with zero attached hydrogens (tertiary/aromatic N) is 1. The molecule has 2 rings (SSSR count). The number of aromatic nitrogens is 1. The summed E-state index contributed by atoms with van der Waals surface area (Å²) in [5.74, 6) is -0.116. The monoisotopic (exact) mass is 337 g/mol. The average Bonchev–Trinajstić information content (AvgIpc) is 2.88. The zero-order valence-corrected chi connectivity index (χ0v) is 14.2. The average molecular weight is 337 g/mol. The minimum Gasteiger partial charge on any atom is -0.440 e. The fraction of sp³-hybridized carbons (Fsp3) is 0.333. The van der Waals surface area contributed by atoms with Crippen LogP contribution in [0.25, 0.3) is 11.3 Å². The first-order chi connectivity index (χ1) is 10.6. The van der Waals surface area contributed by atoms with E-state index in [1.165, 1.54) is 0 Å². The van der Waals surface area contributed by atoms with Crippen molar-refractivity contribution >= 4 is 15.9 Å². The maximum absolute atomic E-state index is 12.4. The van der Waals surface area contributed by atoms with Gasteiger partial charge in [-0.05, 0) is 0 Å². The largest absolute Gasteiger partial charge is 0.440 e. The van der Waals surface area contributed by atoms with Gasteiger partial charge in [-0.1, -0.05) is 51.1 Å². The first-order valence-electron chi connectivity index (χ1n) is 6.96. The second kappa shape index (κ2) is 6.13. The Hall–Kier alpha value is -2.19. The summed E-state index contributed by atoms with van der Waals surface area (Å²) in [4.78, 5) is 17.8. The number of hydrazine groups is 1. The van der Waals surface area contributed by atoms with Crippen LogP contribution in [-0.4, -0.2) is 19.3 Å². The fourth-order valence-electron chi connectivity index (χ4n) is 1.71. The van der Waals surface area contributed by atoms with Gasteiger partial charge in [0.25, 0.3) is 10.0 Å². The third-order valence-corrected chi connectivity index (χ3v) is 4.13. The molecule has 1 heterocycles. The molecule has 0 fully saturated rings. The number of hydrogen-bond donors (Lipinski definition) is 2. The maximum Gasteiger partial charge on any atom is 0.278 e. The molecule has 2 N–H and O–H groups in total. The molecule has 2 aromatic rings. The van der Waals surface area contributed by atoms with E-state index in [2.05, 4.69) is 15.2 Å². The van der Waals surface area contributed by atoms with Crippen LogP contribution >= 0.6 is 0 Å². The van der Waals surface area contributed by atoms with E-state index in [9.17, 15) is 13.2 Å².